The van der Waals surface area contributed by atoms with Crippen molar-refractivity contribution in [2.45, 2.75) is 26.7 Å². The third-order valence-electron chi connectivity index (χ3n) is 3.31. The Hall–Kier alpha value is -3.08. The van der Waals surface area contributed by atoms with Gasteiger partial charge in [-0.3, -0.25) is 4.79 Å². The number of alkyl halides is 2. The fourth-order valence-corrected chi connectivity index (χ4v) is 2.79. The highest BCUT2D eigenvalue weighted by Crippen LogP contribution is 2.32. The Morgan fingerprint density at radius 1 is 1.19 bits per heavy atom. The van der Waals surface area contributed by atoms with Crippen LogP contribution in [0.3, 0.4) is 0 Å². The first-order valence-corrected chi connectivity index (χ1v) is 8.55. The zero-order valence-electron chi connectivity index (χ0n) is 14.6. The molecule has 0 aromatic carbocycles. The van der Waals surface area contributed by atoms with Gasteiger partial charge in [0.25, 0.3) is 0 Å². The van der Waals surface area contributed by atoms with Crippen LogP contribution in [0.2, 0.25) is 0 Å². The van der Waals surface area contributed by atoms with Crippen molar-refractivity contribution in [3.8, 4) is 10.6 Å². The molecule has 0 aliphatic heterocycles. The van der Waals surface area contributed by atoms with Gasteiger partial charge in [-0.25, -0.2) is 19.9 Å². The van der Waals surface area contributed by atoms with E-state index >= 15 is 0 Å². The lowest BCUT2D eigenvalue weighted by molar-refractivity contribution is -0.114. The molecular weight excluding hydrogens is 376 g/mol. The van der Waals surface area contributed by atoms with Crippen molar-refractivity contribution in [3.63, 3.8) is 0 Å². The molecule has 0 saturated heterocycles. The molecule has 8 nitrogen and oxygen atoms in total. The fourth-order valence-electron chi connectivity index (χ4n) is 2.24. The molecule has 0 aliphatic rings. The number of rotatable bonds is 5. The number of anilines is 3. The number of hydrogen-bond donors (Lipinski definition) is 2. The molecule has 0 fully saturated rings. The Bertz CT molecular complexity index is 973. The molecule has 0 atom stereocenters. The number of hydrogen-bond acceptors (Lipinski definition) is 8. The zero-order chi connectivity index (χ0) is 19.6. The largest absolute Gasteiger partial charge is 0.339 e. The second kappa shape index (κ2) is 7.27. The number of nitrogens with zero attached hydrogens (tertiary/aromatic N) is 5. The summed E-state index contributed by atoms with van der Waals surface area (Å²) in [5.41, 5.74) is 1.46. The Balaban J connectivity index is 2.04. The maximum absolute atomic E-state index is 13.6. The minimum atomic E-state index is -3.18. The third-order valence-corrected chi connectivity index (χ3v) is 4.01. The maximum Gasteiger partial charge on any atom is 0.303 e. The van der Waals surface area contributed by atoms with Gasteiger partial charge in [-0.15, -0.1) is 0 Å². The number of carbonyl (C=O) groups excluding carboxylic acids is 1. The van der Waals surface area contributed by atoms with Gasteiger partial charge < -0.3 is 10.6 Å². The number of pyridine rings is 1. The van der Waals surface area contributed by atoms with E-state index in [2.05, 4.69) is 34.9 Å². The minimum absolute atomic E-state index is 0.185. The standard InChI is InChI=1S/C16H15F2N7OS/c1-8-4-13(25-15(22-8)16(3,17)18)24-11-5-12(23-9(2)26)19-6-10(11)14-20-7-21-27-14/h4-7H,1-3H3,(H2,19,22,23,24,25,26). The molecule has 11 heteroatoms. The predicted octanol–water partition coefficient (Wildman–Crippen LogP) is 3.51. The van der Waals surface area contributed by atoms with E-state index in [-0.39, 0.29) is 11.7 Å². The van der Waals surface area contributed by atoms with Crippen molar-refractivity contribution in [1.82, 2.24) is 24.3 Å². The topological polar surface area (TPSA) is 106 Å². The molecule has 0 bridgehead atoms. The summed E-state index contributed by atoms with van der Waals surface area (Å²) in [7, 11) is 0. The number of halogens is 2. The SMILES string of the molecule is CC(=O)Nc1cc(Nc2cc(C)nc(C(C)(F)F)n2)c(-c2ncns2)cn1. The first-order valence-electron chi connectivity index (χ1n) is 7.78. The Kier molecular flexibility index (Phi) is 5.04. The van der Waals surface area contributed by atoms with Gasteiger partial charge in [-0.05, 0) is 18.5 Å². The van der Waals surface area contributed by atoms with Gasteiger partial charge in [0, 0.05) is 37.9 Å². The van der Waals surface area contributed by atoms with Gasteiger partial charge in [0.05, 0.1) is 11.3 Å². The molecule has 0 saturated carbocycles. The normalized spacial score (nSPS) is 11.3. The van der Waals surface area contributed by atoms with Gasteiger partial charge in [0.1, 0.15) is 23.0 Å². The zero-order valence-corrected chi connectivity index (χ0v) is 15.4. The molecular formula is C16H15F2N7OS. The van der Waals surface area contributed by atoms with Gasteiger partial charge in [0.15, 0.2) is 0 Å². The van der Waals surface area contributed by atoms with E-state index in [4.69, 9.17) is 0 Å². The van der Waals surface area contributed by atoms with Crippen LogP contribution in [0.4, 0.5) is 26.1 Å². The van der Waals surface area contributed by atoms with Gasteiger partial charge in [-0.2, -0.15) is 13.2 Å². The highest BCUT2D eigenvalue weighted by molar-refractivity contribution is 7.09. The lowest BCUT2D eigenvalue weighted by Crippen LogP contribution is -2.14. The molecule has 0 unspecified atom stereocenters. The van der Waals surface area contributed by atoms with Crippen LogP contribution < -0.4 is 10.6 Å². The highest BCUT2D eigenvalue weighted by Gasteiger charge is 2.29. The number of nitrogens with one attached hydrogen (secondary N) is 2. The Labute approximate surface area is 157 Å². The maximum atomic E-state index is 13.6. The van der Waals surface area contributed by atoms with Crippen LogP contribution in [0.25, 0.3) is 10.6 Å². The number of aromatic nitrogens is 5. The number of carbonyl (C=O) groups is 1. The molecule has 2 N–H and O–H groups in total. The van der Waals surface area contributed by atoms with Crippen LogP contribution in [0, 0.1) is 6.92 Å². The van der Waals surface area contributed by atoms with E-state index in [0.29, 0.717) is 27.8 Å². The monoisotopic (exact) mass is 391 g/mol. The number of aryl methyl sites for hydroxylation is 1. The van der Waals surface area contributed by atoms with Crippen molar-refractivity contribution in [1.29, 1.82) is 0 Å². The Morgan fingerprint density at radius 2 is 1.96 bits per heavy atom. The minimum Gasteiger partial charge on any atom is -0.339 e. The summed E-state index contributed by atoms with van der Waals surface area (Å²) in [6, 6.07) is 3.11. The van der Waals surface area contributed by atoms with E-state index in [1.54, 1.807) is 13.0 Å². The fraction of sp³-hybridized carbons (Fsp3) is 0.250. The van der Waals surface area contributed by atoms with Crippen molar-refractivity contribution in [2.75, 3.05) is 10.6 Å². The molecule has 3 rings (SSSR count). The van der Waals surface area contributed by atoms with Crippen molar-refractivity contribution < 1.29 is 13.6 Å². The quantitative estimate of drug-likeness (QED) is 0.685. The van der Waals surface area contributed by atoms with E-state index < -0.39 is 11.7 Å². The van der Waals surface area contributed by atoms with Crippen LogP contribution >= 0.6 is 11.5 Å². The van der Waals surface area contributed by atoms with E-state index in [1.807, 2.05) is 0 Å². The average Bonchev–Trinajstić information content (AvgIpc) is 3.07. The molecule has 1 amide bonds. The van der Waals surface area contributed by atoms with Gasteiger partial charge in [0.2, 0.25) is 11.7 Å². The average molecular weight is 391 g/mol. The van der Waals surface area contributed by atoms with E-state index in [9.17, 15) is 13.6 Å². The first-order chi connectivity index (χ1) is 12.7. The molecule has 0 radical (unpaired) electrons. The number of amides is 1. The second-order valence-electron chi connectivity index (χ2n) is 5.77. The van der Waals surface area contributed by atoms with Crippen molar-refractivity contribution >= 4 is 34.8 Å². The van der Waals surface area contributed by atoms with E-state index in [0.717, 1.165) is 18.5 Å². The molecule has 3 aromatic heterocycles. The highest BCUT2D eigenvalue weighted by atomic mass is 32.1. The van der Waals surface area contributed by atoms with Gasteiger partial charge in [-0.1, -0.05) is 0 Å². The first kappa shape index (κ1) is 18.7. The Morgan fingerprint density at radius 3 is 2.59 bits per heavy atom. The van der Waals surface area contributed by atoms with Crippen LogP contribution in [0.15, 0.2) is 24.7 Å². The summed E-state index contributed by atoms with van der Waals surface area (Å²) in [5, 5.41) is 6.14. The molecule has 0 aliphatic carbocycles. The summed E-state index contributed by atoms with van der Waals surface area (Å²) in [4.78, 5) is 27.3. The summed E-state index contributed by atoms with van der Waals surface area (Å²) in [6.45, 7) is 3.69. The van der Waals surface area contributed by atoms with Crippen LogP contribution in [0.1, 0.15) is 25.4 Å². The second-order valence-corrected chi connectivity index (χ2v) is 6.55. The summed E-state index contributed by atoms with van der Waals surface area (Å²) in [5.74, 6) is -3.57. The lowest BCUT2D eigenvalue weighted by Gasteiger charge is -2.14. The summed E-state index contributed by atoms with van der Waals surface area (Å²) in [6.07, 6.45) is 2.91. The summed E-state index contributed by atoms with van der Waals surface area (Å²) >= 11 is 1.15. The molecule has 0 spiro atoms. The molecule has 27 heavy (non-hydrogen) atoms. The van der Waals surface area contributed by atoms with Crippen LogP contribution in [0.5, 0.6) is 0 Å². The van der Waals surface area contributed by atoms with Crippen molar-refractivity contribution in [2.24, 2.45) is 0 Å². The van der Waals surface area contributed by atoms with Crippen molar-refractivity contribution in [3.05, 3.63) is 36.2 Å². The van der Waals surface area contributed by atoms with Gasteiger partial charge >= 0.3 is 5.92 Å². The molecule has 140 valence electrons. The smallest absolute Gasteiger partial charge is 0.303 e. The molecule has 3 heterocycles. The lowest BCUT2D eigenvalue weighted by atomic mass is 10.2. The predicted molar refractivity (Wildman–Crippen MR) is 97.1 cm³/mol. The van der Waals surface area contributed by atoms with Crippen LogP contribution in [-0.4, -0.2) is 30.2 Å². The third kappa shape index (κ3) is 4.56. The molecule has 3 aromatic rings. The van der Waals surface area contributed by atoms with Crippen LogP contribution in [-0.2, 0) is 10.7 Å². The summed E-state index contributed by atoms with van der Waals surface area (Å²) < 4.78 is 31.2. The van der Waals surface area contributed by atoms with E-state index in [1.165, 1.54) is 25.5 Å².